The van der Waals surface area contributed by atoms with Crippen LogP contribution in [-0.2, 0) is 11.2 Å². The predicted octanol–water partition coefficient (Wildman–Crippen LogP) is 5.48. The Morgan fingerprint density at radius 3 is 2.74 bits per heavy atom. The standard InChI is InChI=1S/C25H30N2O4/c1-4-5-6-9-16-27(24-26-21-13-7-8-14-22(21)30-24)17-15-19-11-10-12-20(18-19)31-25(2,3)23(28)29/h4,7-8,10-14,18H,1,5-6,9,15-17H2,2-3H3,(H,28,29). The number of oxazole rings is 1. The van der Waals surface area contributed by atoms with Crippen molar-refractivity contribution >= 4 is 23.1 Å². The Bertz CT molecular complexity index is 992. The van der Waals surface area contributed by atoms with Crippen LogP contribution in [0.4, 0.5) is 6.01 Å². The van der Waals surface area contributed by atoms with Crippen molar-refractivity contribution in [2.24, 2.45) is 0 Å². The summed E-state index contributed by atoms with van der Waals surface area (Å²) in [6, 6.07) is 16.0. The van der Waals surface area contributed by atoms with Crippen LogP contribution in [0.3, 0.4) is 0 Å². The van der Waals surface area contributed by atoms with Gasteiger partial charge in [-0.2, -0.15) is 4.98 Å². The summed E-state index contributed by atoms with van der Waals surface area (Å²) in [5, 5.41) is 9.30. The molecule has 1 aromatic heterocycles. The van der Waals surface area contributed by atoms with Crippen LogP contribution in [0, 0.1) is 0 Å². The highest BCUT2D eigenvalue weighted by Crippen LogP contribution is 2.24. The van der Waals surface area contributed by atoms with Crippen molar-refractivity contribution in [1.29, 1.82) is 0 Å². The van der Waals surface area contributed by atoms with E-state index in [0.717, 1.165) is 55.4 Å². The van der Waals surface area contributed by atoms with Gasteiger partial charge in [0.2, 0.25) is 0 Å². The highest BCUT2D eigenvalue weighted by molar-refractivity contribution is 5.76. The van der Waals surface area contributed by atoms with Crippen LogP contribution in [0.5, 0.6) is 5.75 Å². The number of hydrogen-bond donors (Lipinski definition) is 1. The van der Waals surface area contributed by atoms with Crippen LogP contribution in [0.2, 0.25) is 0 Å². The SMILES string of the molecule is C=CCCCCN(CCc1cccc(OC(C)(C)C(=O)O)c1)c1nc2ccccc2o1. The summed E-state index contributed by atoms with van der Waals surface area (Å²) in [6.07, 6.45) is 5.76. The van der Waals surface area contributed by atoms with Crippen molar-refractivity contribution < 1.29 is 19.1 Å². The van der Waals surface area contributed by atoms with Gasteiger partial charge in [-0.05, 0) is 69.4 Å². The van der Waals surface area contributed by atoms with Gasteiger partial charge in [0.1, 0.15) is 11.3 Å². The molecule has 0 saturated heterocycles. The van der Waals surface area contributed by atoms with E-state index < -0.39 is 11.6 Å². The van der Waals surface area contributed by atoms with Gasteiger partial charge in [-0.1, -0.05) is 30.3 Å². The molecule has 6 nitrogen and oxygen atoms in total. The van der Waals surface area contributed by atoms with Gasteiger partial charge in [-0.25, -0.2) is 4.79 Å². The summed E-state index contributed by atoms with van der Waals surface area (Å²) in [7, 11) is 0. The highest BCUT2D eigenvalue weighted by atomic mass is 16.5. The largest absolute Gasteiger partial charge is 0.478 e. The van der Waals surface area contributed by atoms with Crippen molar-refractivity contribution in [3.05, 3.63) is 66.7 Å². The number of ether oxygens (including phenoxy) is 1. The summed E-state index contributed by atoms with van der Waals surface area (Å²) in [5.74, 6) is -0.455. The van der Waals surface area contributed by atoms with E-state index in [1.807, 2.05) is 48.5 Å². The second kappa shape index (κ2) is 10.2. The number of fused-ring (bicyclic) bond motifs is 1. The molecular weight excluding hydrogens is 392 g/mol. The Morgan fingerprint density at radius 2 is 2.00 bits per heavy atom. The monoisotopic (exact) mass is 422 g/mol. The van der Waals surface area contributed by atoms with Gasteiger partial charge in [-0.3, -0.25) is 0 Å². The molecule has 1 N–H and O–H groups in total. The zero-order valence-corrected chi connectivity index (χ0v) is 18.2. The van der Waals surface area contributed by atoms with Gasteiger partial charge in [0.05, 0.1) is 0 Å². The summed E-state index contributed by atoms with van der Waals surface area (Å²) < 4.78 is 11.7. The van der Waals surface area contributed by atoms with Gasteiger partial charge in [0, 0.05) is 13.1 Å². The number of benzene rings is 2. The highest BCUT2D eigenvalue weighted by Gasteiger charge is 2.29. The van der Waals surface area contributed by atoms with E-state index in [-0.39, 0.29) is 0 Å². The van der Waals surface area contributed by atoms with Gasteiger partial charge in [0.25, 0.3) is 6.01 Å². The Hall–Kier alpha value is -3.28. The number of allylic oxidation sites excluding steroid dienone is 1. The number of anilines is 1. The third-order valence-corrected chi connectivity index (χ3v) is 5.10. The molecule has 0 unspecified atom stereocenters. The molecule has 6 heteroatoms. The van der Waals surface area contributed by atoms with E-state index >= 15 is 0 Å². The van der Waals surface area contributed by atoms with Gasteiger partial charge < -0.3 is 19.2 Å². The maximum absolute atomic E-state index is 11.3. The zero-order chi connectivity index (χ0) is 22.3. The Morgan fingerprint density at radius 1 is 1.19 bits per heavy atom. The topological polar surface area (TPSA) is 75.8 Å². The lowest BCUT2D eigenvalue weighted by Crippen LogP contribution is -2.37. The van der Waals surface area contributed by atoms with E-state index in [4.69, 9.17) is 9.15 Å². The maximum Gasteiger partial charge on any atom is 0.347 e. The first kappa shape index (κ1) is 22.4. The fourth-order valence-corrected chi connectivity index (χ4v) is 3.26. The van der Waals surface area contributed by atoms with Crippen LogP contribution in [0.15, 0.2) is 65.6 Å². The van der Waals surface area contributed by atoms with Crippen LogP contribution in [0.25, 0.3) is 11.1 Å². The van der Waals surface area contributed by atoms with Crippen LogP contribution in [0.1, 0.15) is 38.7 Å². The average molecular weight is 423 g/mol. The molecule has 0 bridgehead atoms. The summed E-state index contributed by atoms with van der Waals surface area (Å²) in [6.45, 7) is 8.44. The molecule has 2 aromatic carbocycles. The first-order valence-electron chi connectivity index (χ1n) is 10.6. The lowest BCUT2D eigenvalue weighted by Gasteiger charge is -2.23. The number of aliphatic carboxylic acids is 1. The van der Waals surface area contributed by atoms with Gasteiger partial charge in [-0.15, -0.1) is 6.58 Å². The molecule has 3 rings (SSSR count). The first-order valence-corrected chi connectivity index (χ1v) is 10.6. The van der Waals surface area contributed by atoms with Crippen LogP contribution >= 0.6 is 0 Å². The average Bonchev–Trinajstić information content (AvgIpc) is 3.17. The number of rotatable bonds is 12. The number of hydrogen-bond acceptors (Lipinski definition) is 5. The number of carboxylic acids is 1. The van der Waals surface area contributed by atoms with Gasteiger partial charge >= 0.3 is 5.97 Å². The molecule has 0 aliphatic heterocycles. The lowest BCUT2D eigenvalue weighted by atomic mass is 10.1. The van der Waals surface area contributed by atoms with E-state index in [9.17, 15) is 9.90 Å². The van der Waals surface area contributed by atoms with Crippen molar-refractivity contribution in [3.8, 4) is 5.75 Å². The third-order valence-electron chi connectivity index (χ3n) is 5.10. The number of aromatic nitrogens is 1. The minimum Gasteiger partial charge on any atom is -0.478 e. The van der Waals surface area contributed by atoms with Crippen LogP contribution in [-0.4, -0.2) is 34.8 Å². The first-order chi connectivity index (χ1) is 14.9. The molecule has 31 heavy (non-hydrogen) atoms. The van der Waals surface area contributed by atoms with Gasteiger partial charge in [0.15, 0.2) is 11.2 Å². The maximum atomic E-state index is 11.3. The Kier molecular flexibility index (Phi) is 7.34. The Balaban J connectivity index is 1.71. The van der Waals surface area contributed by atoms with Crippen molar-refractivity contribution in [2.75, 3.05) is 18.0 Å². The molecule has 0 aliphatic carbocycles. The summed E-state index contributed by atoms with van der Waals surface area (Å²) in [5.41, 5.74) is 1.40. The smallest absolute Gasteiger partial charge is 0.347 e. The molecule has 0 radical (unpaired) electrons. The predicted molar refractivity (Wildman–Crippen MR) is 123 cm³/mol. The van der Waals surface area contributed by atoms with E-state index in [2.05, 4.69) is 16.5 Å². The second-order valence-corrected chi connectivity index (χ2v) is 8.05. The fraction of sp³-hybridized carbons (Fsp3) is 0.360. The van der Waals surface area contributed by atoms with Crippen LogP contribution < -0.4 is 9.64 Å². The van der Waals surface area contributed by atoms with E-state index in [1.165, 1.54) is 0 Å². The fourth-order valence-electron chi connectivity index (χ4n) is 3.26. The third kappa shape index (κ3) is 6.10. The normalized spacial score (nSPS) is 11.4. The molecule has 0 atom stereocenters. The lowest BCUT2D eigenvalue weighted by molar-refractivity contribution is -0.152. The van der Waals surface area contributed by atoms with Crippen molar-refractivity contribution in [3.63, 3.8) is 0 Å². The second-order valence-electron chi connectivity index (χ2n) is 8.05. The minimum atomic E-state index is -1.28. The van der Waals surface area contributed by atoms with E-state index in [1.54, 1.807) is 19.9 Å². The molecule has 0 aliphatic rings. The van der Waals surface area contributed by atoms with Crippen molar-refractivity contribution in [2.45, 2.75) is 45.1 Å². The molecule has 164 valence electrons. The number of carboxylic acid groups (broad SMARTS) is 1. The van der Waals surface area contributed by atoms with E-state index in [0.29, 0.717) is 11.8 Å². The Labute approximate surface area is 183 Å². The minimum absolute atomic E-state index is 0.546. The number of unbranched alkanes of at least 4 members (excludes halogenated alkanes) is 2. The molecule has 0 fully saturated rings. The molecule has 1 heterocycles. The number of nitrogens with zero attached hydrogens (tertiary/aromatic N) is 2. The van der Waals surface area contributed by atoms with Crippen molar-refractivity contribution in [1.82, 2.24) is 4.98 Å². The molecular formula is C25H30N2O4. The summed E-state index contributed by atoms with van der Waals surface area (Å²) >= 11 is 0. The number of carbonyl (C=O) groups is 1. The molecule has 0 spiro atoms. The molecule has 3 aromatic rings. The molecule has 0 amide bonds. The number of para-hydroxylation sites is 2. The quantitative estimate of drug-likeness (QED) is 0.308. The zero-order valence-electron chi connectivity index (χ0n) is 18.2. The molecule has 0 saturated carbocycles. The summed E-state index contributed by atoms with van der Waals surface area (Å²) in [4.78, 5) is 18.2.